The van der Waals surface area contributed by atoms with Crippen molar-refractivity contribution in [2.24, 2.45) is 5.92 Å². The summed E-state index contributed by atoms with van der Waals surface area (Å²) in [6, 6.07) is 8.20. The molecule has 1 aliphatic rings. The van der Waals surface area contributed by atoms with Crippen LogP contribution in [0.25, 0.3) is 0 Å². The molecule has 4 heteroatoms. The number of benzene rings is 1. The first-order valence-electron chi connectivity index (χ1n) is 6.81. The van der Waals surface area contributed by atoms with Gasteiger partial charge in [-0.15, -0.1) is 11.3 Å². The Morgan fingerprint density at radius 1 is 1.40 bits per heavy atom. The highest BCUT2D eigenvalue weighted by Crippen LogP contribution is 2.32. The third-order valence-electron chi connectivity index (χ3n) is 3.68. The van der Waals surface area contributed by atoms with E-state index in [1.165, 1.54) is 34.3 Å². The number of hydrogen-bond acceptors (Lipinski definition) is 2. The Morgan fingerprint density at radius 2 is 2.20 bits per heavy atom. The lowest BCUT2D eigenvalue weighted by Crippen LogP contribution is -2.11. The van der Waals surface area contributed by atoms with E-state index >= 15 is 0 Å². The Hall–Kier alpha value is -1.68. The molecule has 1 aromatic heterocycles. The van der Waals surface area contributed by atoms with Gasteiger partial charge in [0.05, 0.1) is 10.6 Å². The molecule has 0 bridgehead atoms. The van der Waals surface area contributed by atoms with Gasteiger partial charge in [-0.1, -0.05) is 19.1 Å². The van der Waals surface area contributed by atoms with Crippen LogP contribution in [0.15, 0.2) is 30.3 Å². The molecule has 1 amide bonds. The number of carbonyl (C=O) groups excluding carboxylic acids is 1. The topological polar surface area (TPSA) is 29.1 Å². The summed E-state index contributed by atoms with van der Waals surface area (Å²) in [6.07, 6.45) is 3.27. The van der Waals surface area contributed by atoms with Crippen molar-refractivity contribution in [2.45, 2.75) is 26.2 Å². The van der Waals surface area contributed by atoms with E-state index in [0.29, 0.717) is 10.8 Å². The van der Waals surface area contributed by atoms with Crippen molar-refractivity contribution in [2.75, 3.05) is 5.32 Å². The van der Waals surface area contributed by atoms with Crippen molar-refractivity contribution >= 4 is 22.9 Å². The van der Waals surface area contributed by atoms with E-state index in [2.05, 4.69) is 12.2 Å². The molecule has 3 rings (SSSR count). The highest BCUT2D eigenvalue weighted by Gasteiger charge is 2.21. The molecule has 0 fully saturated rings. The summed E-state index contributed by atoms with van der Waals surface area (Å²) < 4.78 is 13.5. The third-order valence-corrected chi connectivity index (χ3v) is 4.91. The first kappa shape index (κ1) is 13.3. The van der Waals surface area contributed by atoms with Crippen LogP contribution in [-0.2, 0) is 12.8 Å². The average Bonchev–Trinajstić information content (AvgIpc) is 2.84. The molecule has 0 radical (unpaired) electrons. The number of aryl methyl sites for hydroxylation is 1. The highest BCUT2D eigenvalue weighted by atomic mass is 32.1. The lowest BCUT2D eigenvalue weighted by molar-refractivity contribution is 0.103. The minimum Gasteiger partial charge on any atom is -0.319 e. The maximum atomic E-state index is 13.5. The zero-order valence-corrected chi connectivity index (χ0v) is 12.1. The third kappa shape index (κ3) is 2.61. The van der Waals surface area contributed by atoms with Crippen molar-refractivity contribution in [3.63, 3.8) is 0 Å². The molecule has 1 aromatic carbocycles. The van der Waals surface area contributed by atoms with E-state index in [4.69, 9.17) is 0 Å². The highest BCUT2D eigenvalue weighted by molar-refractivity contribution is 7.14. The summed E-state index contributed by atoms with van der Waals surface area (Å²) in [5.74, 6) is 0.0533. The number of halogens is 1. The largest absolute Gasteiger partial charge is 0.319 e. The van der Waals surface area contributed by atoms with E-state index in [1.807, 2.05) is 6.07 Å². The second kappa shape index (κ2) is 5.37. The van der Waals surface area contributed by atoms with Gasteiger partial charge in [0.25, 0.3) is 5.91 Å². The lowest BCUT2D eigenvalue weighted by atomic mass is 9.90. The molecule has 2 nitrogen and oxygen atoms in total. The molecule has 0 saturated carbocycles. The van der Waals surface area contributed by atoms with Crippen molar-refractivity contribution in [3.05, 3.63) is 51.5 Å². The first-order valence-corrected chi connectivity index (χ1v) is 7.62. The molecular weight excluding hydrogens is 273 g/mol. The van der Waals surface area contributed by atoms with Crippen molar-refractivity contribution in [1.29, 1.82) is 0 Å². The van der Waals surface area contributed by atoms with E-state index in [1.54, 1.807) is 18.2 Å². The second-order valence-corrected chi connectivity index (χ2v) is 6.48. The number of rotatable bonds is 2. The number of para-hydroxylation sites is 1. The summed E-state index contributed by atoms with van der Waals surface area (Å²) in [6.45, 7) is 2.24. The summed E-state index contributed by atoms with van der Waals surface area (Å²) in [5, 5.41) is 2.64. The molecule has 1 heterocycles. The normalized spacial score (nSPS) is 17.6. The Labute approximate surface area is 121 Å². The molecule has 1 aliphatic carbocycles. The first-order chi connectivity index (χ1) is 9.63. The Balaban J connectivity index is 1.80. The number of anilines is 1. The number of carbonyl (C=O) groups is 1. The van der Waals surface area contributed by atoms with Gasteiger partial charge >= 0.3 is 0 Å². The monoisotopic (exact) mass is 289 g/mol. The van der Waals surface area contributed by atoms with Gasteiger partial charge in [-0.25, -0.2) is 4.39 Å². The fourth-order valence-electron chi connectivity index (χ4n) is 2.56. The molecule has 2 aromatic rings. The van der Waals surface area contributed by atoms with E-state index < -0.39 is 5.82 Å². The zero-order valence-electron chi connectivity index (χ0n) is 11.3. The number of hydrogen-bond donors (Lipinski definition) is 1. The van der Waals surface area contributed by atoms with E-state index in [-0.39, 0.29) is 11.6 Å². The summed E-state index contributed by atoms with van der Waals surface area (Å²) in [4.78, 5) is 14.2. The Kier molecular flexibility index (Phi) is 3.57. The minimum atomic E-state index is -0.407. The Bertz CT molecular complexity index is 650. The van der Waals surface area contributed by atoms with Gasteiger partial charge < -0.3 is 5.32 Å². The fraction of sp³-hybridized carbons (Fsp3) is 0.312. The number of amides is 1. The molecule has 1 atom stereocenters. The Morgan fingerprint density at radius 3 is 3.00 bits per heavy atom. The van der Waals surface area contributed by atoms with Crippen LogP contribution < -0.4 is 5.32 Å². The van der Waals surface area contributed by atoms with Crippen LogP contribution in [0.3, 0.4) is 0 Å². The van der Waals surface area contributed by atoms with Crippen molar-refractivity contribution in [1.82, 2.24) is 0 Å². The van der Waals surface area contributed by atoms with Crippen LogP contribution in [0.5, 0.6) is 0 Å². The van der Waals surface area contributed by atoms with Crippen molar-refractivity contribution in [3.8, 4) is 0 Å². The van der Waals surface area contributed by atoms with Crippen LogP contribution >= 0.6 is 11.3 Å². The smallest absolute Gasteiger partial charge is 0.265 e. The van der Waals surface area contributed by atoms with Gasteiger partial charge in [-0.2, -0.15) is 0 Å². The molecular formula is C16H16FNOS. The quantitative estimate of drug-likeness (QED) is 0.879. The predicted molar refractivity (Wildman–Crippen MR) is 79.9 cm³/mol. The molecule has 104 valence electrons. The second-order valence-electron chi connectivity index (χ2n) is 5.34. The SMILES string of the molecule is C[C@H]1CCc2sc(C(=O)Nc3ccccc3F)cc2C1. The van der Waals surface area contributed by atoms with Crippen molar-refractivity contribution < 1.29 is 9.18 Å². The summed E-state index contributed by atoms with van der Waals surface area (Å²) in [5.41, 5.74) is 1.52. The zero-order chi connectivity index (χ0) is 14.1. The van der Waals surface area contributed by atoms with Crippen LogP contribution in [-0.4, -0.2) is 5.91 Å². The van der Waals surface area contributed by atoms with Crippen LogP contribution in [0.1, 0.15) is 33.5 Å². The van der Waals surface area contributed by atoms with Gasteiger partial charge in [0.15, 0.2) is 0 Å². The number of fused-ring (bicyclic) bond motifs is 1. The maximum absolute atomic E-state index is 13.5. The van der Waals surface area contributed by atoms with Gasteiger partial charge in [0.2, 0.25) is 0 Å². The van der Waals surface area contributed by atoms with Gasteiger partial charge in [0.1, 0.15) is 5.82 Å². The number of nitrogens with one attached hydrogen (secondary N) is 1. The molecule has 0 unspecified atom stereocenters. The molecule has 1 N–H and O–H groups in total. The van der Waals surface area contributed by atoms with E-state index in [9.17, 15) is 9.18 Å². The molecule has 0 aliphatic heterocycles. The maximum Gasteiger partial charge on any atom is 0.265 e. The fourth-order valence-corrected chi connectivity index (χ4v) is 3.67. The lowest BCUT2D eigenvalue weighted by Gasteiger charge is -2.16. The van der Waals surface area contributed by atoms with Gasteiger partial charge in [-0.05, 0) is 48.9 Å². The standard InChI is InChI=1S/C16H16FNOS/c1-10-6-7-14-11(8-10)9-15(20-14)16(19)18-13-5-3-2-4-12(13)17/h2-5,9-10H,6-8H2,1H3,(H,18,19)/t10-/m0/s1. The van der Waals surface area contributed by atoms with Crippen LogP contribution in [0, 0.1) is 11.7 Å². The van der Waals surface area contributed by atoms with E-state index in [0.717, 1.165) is 12.8 Å². The predicted octanol–water partition coefficient (Wildman–Crippen LogP) is 4.26. The average molecular weight is 289 g/mol. The molecule has 20 heavy (non-hydrogen) atoms. The van der Waals surface area contributed by atoms with Gasteiger partial charge in [0, 0.05) is 4.88 Å². The summed E-state index contributed by atoms with van der Waals surface area (Å²) in [7, 11) is 0. The van der Waals surface area contributed by atoms with Crippen LogP contribution in [0.4, 0.5) is 10.1 Å². The molecule has 0 saturated heterocycles. The summed E-state index contributed by atoms with van der Waals surface area (Å²) >= 11 is 1.54. The van der Waals surface area contributed by atoms with Gasteiger partial charge in [-0.3, -0.25) is 4.79 Å². The molecule has 0 spiro atoms. The minimum absolute atomic E-state index is 0.220. The van der Waals surface area contributed by atoms with Crippen LogP contribution in [0.2, 0.25) is 0 Å². The number of thiophene rings is 1.